The summed E-state index contributed by atoms with van der Waals surface area (Å²) in [4.78, 5) is 28.2. The summed E-state index contributed by atoms with van der Waals surface area (Å²) in [5, 5.41) is 10.9. The van der Waals surface area contributed by atoms with Gasteiger partial charge in [-0.3, -0.25) is 14.9 Å². The van der Waals surface area contributed by atoms with Crippen molar-refractivity contribution in [3.8, 4) is 11.3 Å². The summed E-state index contributed by atoms with van der Waals surface area (Å²) in [7, 11) is 1.75. The monoisotopic (exact) mass is 405 g/mol. The second-order valence-electron chi connectivity index (χ2n) is 5.70. The third kappa shape index (κ3) is 3.81. The number of hydrogen-bond donors (Lipinski definition) is 0. The Morgan fingerprint density at radius 2 is 1.93 bits per heavy atom. The SMILES string of the molecule is Cc1sc(=NC(=O)c2ccc(Cl)c([N+](=O)[O-])c2)n(C)c1-c1ccc(F)cc1. The lowest BCUT2D eigenvalue weighted by Gasteiger charge is -2.04. The van der Waals surface area contributed by atoms with Crippen molar-refractivity contribution in [1.29, 1.82) is 0 Å². The third-order valence-corrected chi connectivity index (χ3v) is 5.27. The molecule has 138 valence electrons. The minimum Gasteiger partial charge on any atom is -0.319 e. The number of halogens is 2. The molecule has 0 aliphatic heterocycles. The summed E-state index contributed by atoms with van der Waals surface area (Å²) in [6.07, 6.45) is 0. The van der Waals surface area contributed by atoms with Crippen molar-refractivity contribution in [2.45, 2.75) is 6.92 Å². The van der Waals surface area contributed by atoms with Crippen LogP contribution in [-0.4, -0.2) is 15.4 Å². The van der Waals surface area contributed by atoms with Gasteiger partial charge in [-0.25, -0.2) is 4.39 Å². The molecule has 27 heavy (non-hydrogen) atoms. The maximum atomic E-state index is 13.2. The largest absolute Gasteiger partial charge is 0.319 e. The maximum Gasteiger partial charge on any atom is 0.288 e. The van der Waals surface area contributed by atoms with Crippen molar-refractivity contribution < 1.29 is 14.1 Å². The third-order valence-electron chi connectivity index (χ3n) is 3.90. The highest BCUT2D eigenvalue weighted by molar-refractivity contribution is 7.09. The maximum absolute atomic E-state index is 13.2. The first kappa shape index (κ1) is 18.9. The van der Waals surface area contributed by atoms with Gasteiger partial charge in [0, 0.05) is 23.6 Å². The fourth-order valence-corrected chi connectivity index (χ4v) is 3.79. The van der Waals surface area contributed by atoms with E-state index >= 15 is 0 Å². The molecule has 0 saturated carbocycles. The summed E-state index contributed by atoms with van der Waals surface area (Å²) in [5.41, 5.74) is 1.33. The Morgan fingerprint density at radius 1 is 1.26 bits per heavy atom. The van der Waals surface area contributed by atoms with Gasteiger partial charge in [0.2, 0.25) is 0 Å². The molecule has 0 aliphatic rings. The molecule has 2 aromatic carbocycles. The molecule has 0 saturated heterocycles. The molecule has 6 nitrogen and oxygen atoms in total. The van der Waals surface area contributed by atoms with Crippen molar-refractivity contribution in [2.24, 2.45) is 12.0 Å². The lowest BCUT2D eigenvalue weighted by molar-refractivity contribution is -0.384. The first-order valence-electron chi connectivity index (χ1n) is 7.73. The highest BCUT2D eigenvalue weighted by Crippen LogP contribution is 2.26. The number of thiazole rings is 1. The number of nitro benzene ring substituents is 1. The molecule has 0 radical (unpaired) electrons. The molecule has 1 amide bonds. The first-order chi connectivity index (χ1) is 12.8. The van der Waals surface area contributed by atoms with E-state index < -0.39 is 10.8 Å². The standard InChI is InChI=1S/C18H13ClFN3O3S/c1-10-16(11-3-6-13(20)7-4-11)22(2)18(27-10)21-17(24)12-5-8-14(19)15(9-12)23(25)26/h3-9H,1-2H3. The zero-order valence-corrected chi connectivity index (χ0v) is 15.8. The van der Waals surface area contributed by atoms with Crippen LogP contribution >= 0.6 is 22.9 Å². The molecule has 0 bridgehead atoms. The molecule has 1 heterocycles. The summed E-state index contributed by atoms with van der Waals surface area (Å²) in [5.74, 6) is -0.948. The van der Waals surface area contributed by atoms with Crippen molar-refractivity contribution in [3.05, 3.63) is 78.7 Å². The number of rotatable bonds is 3. The first-order valence-corrected chi connectivity index (χ1v) is 8.92. The number of aromatic nitrogens is 1. The van der Waals surface area contributed by atoms with Gasteiger partial charge in [0.05, 0.1) is 10.6 Å². The molecule has 0 atom stereocenters. The van der Waals surface area contributed by atoms with Crippen molar-refractivity contribution in [2.75, 3.05) is 0 Å². The number of benzene rings is 2. The van der Waals surface area contributed by atoms with E-state index in [-0.39, 0.29) is 22.1 Å². The fraction of sp³-hybridized carbons (Fsp3) is 0.111. The normalized spacial score (nSPS) is 11.6. The summed E-state index contributed by atoms with van der Waals surface area (Å²) in [6.45, 7) is 1.87. The van der Waals surface area contributed by atoms with E-state index in [2.05, 4.69) is 4.99 Å². The van der Waals surface area contributed by atoms with E-state index in [4.69, 9.17) is 11.6 Å². The van der Waals surface area contributed by atoms with Crippen LogP contribution in [0.5, 0.6) is 0 Å². The minimum absolute atomic E-state index is 0.0485. The van der Waals surface area contributed by atoms with Crippen molar-refractivity contribution in [1.82, 2.24) is 4.57 Å². The molecule has 3 aromatic rings. The zero-order valence-electron chi connectivity index (χ0n) is 14.3. The Bertz CT molecular complexity index is 1120. The van der Waals surface area contributed by atoms with Crippen molar-refractivity contribution in [3.63, 3.8) is 0 Å². The Labute approximate surface area is 162 Å². The number of carbonyl (C=O) groups excluding carboxylic acids is 1. The Kier molecular flexibility index (Phi) is 5.20. The molecular weight excluding hydrogens is 393 g/mol. The van der Waals surface area contributed by atoms with E-state index in [0.717, 1.165) is 22.2 Å². The molecule has 0 N–H and O–H groups in total. The van der Waals surface area contributed by atoms with Crippen LogP contribution in [0.3, 0.4) is 0 Å². The van der Waals surface area contributed by atoms with Crippen LogP contribution in [0.2, 0.25) is 5.02 Å². The Morgan fingerprint density at radius 3 is 2.56 bits per heavy atom. The van der Waals surface area contributed by atoms with Gasteiger partial charge in [-0.15, -0.1) is 11.3 Å². The second-order valence-corrected chi connectivity index (χ2v) is 7.28. The molecule has 1 aromatic heterocycles. The highest BCUT2D eigenvalue weighted by Gasteiger charge is 2.17. The van der Waals surface area contributed by atoms with E-state index in [9.17, 15) is 19.3 Å². The van der Waals surface area contributed by atoms with E-state index in [0.29, 0.717) is 4.80 Å². The Hall–Kier alpha value is -2.84. The van der Waals surface area contributed by atoms with Gasteiger partial charge in [-0.05, 0) is 48.9 Å². The van der Waals surface area contributed by atoms with Crippen LogP contribution in [0.25, 0.3) is 11.3 Å². The molecule has 0 fully saturated rings. The van der Waals surface area contributed by atoms with Crippen LogP contribution < -0.4 is 4.80 Å². The average molecular weight is 406 g/mol. The average Bonchev–Trinajstić information content (AvgIpc) is 2.89. The van der Waals surface area contributed by atoms with Gasteiger partial charge < -0.3 is 4.57 Å². The van der Waals surface area contributed by atoms with Gasteiger partial charge in [-0.1, -0.05) is 11.6 Å². The second kappa shape index (κ2) is 7.42. The minimum atomic E-state index is -0.652. The zero-order chi connectivity index (χ0) is 19.7. The van der Waals surface area contributed by atoms with Gasteiger partial charge in [-0.2, -0.15) is 4.99 Å². The van der Waals surface area contributed by atoms with Crippen LogP contribution in [0.1, 0.15) is 15.2 Å². The number of hydrogen-bond acceptors (Lipinski definition) is 4. The quantitative estimate of drug-likeness (QED) is 0.475. The van der Waals surface area contributed by atoms with Gasteiger partial charge in [0.1, 0.15) is 10.8 Å². The van der Waals surface area contributed by atoms with E-state index in [1.165, 1.54) is 35.6 Å². The molecule has 0 unspecified atom stereocenters. The van der Waals surface area contributed by atoms with Crippen molar-refractivity contribution >= 4 is 34.5 Å². The molecule has 3 rings (SSSR count). The highest BCUT2D eigenvalue weighted by atomic mass is 35.5. The van der Waals surface area contributed by atoms with Gasteiger partial charge in [0.15, 0.2) is 4.80 Å². The number of nitro groups is 1. The smallest absolute Gasteiger partial charge is 0.288 e. The van der Waals surface area contributed by atoms with E-state index in [1.54, 1.807) is 23.7 Å². The Balaban J connectivity index is 2.04. The lowest BCUT2D eigenvalue weighted by Crippen LogP contribution is -2.14. The van der Waals surface area contributed by atoms with Crippen LogP contribution in [0.15, 0.2) is 47.5 Å². The lowest BCUT2D eigenvalue weighted by atomic mass is 10.1. The van der Waals surface area contributed by atoms with Crippen LogP contribution in [0, 0.1) is 22.9 Å². The summed E-state index contributed by atoms with van der Waals surface area (Å²) in [6, 6.07) is 9.82. The van der Waals surface area contributed by atoms with Gasteiger partial charge in [0.25, 0.3) is 11.6 Å². The molecule has 0 aliphatic carbocycles. The predicted octanol–water partition coefficient (Wildman–Crippen LogP) is 4.50. The number of aryl methyl sites for hydroxylation is 1. The van der Waals surface area contributed by atoms with Crippen LogP contribution in [-0.2, 0) is 7.05 Å². The molecular formula is C18H13ClFN3O3S. The van der Waals surface area contributed by atoms with E-state index in [1.807, 2.05) is 6.92 Å². The number of nitrogens with zero attached hydrogens (tertiary/aromatic N) is 3. The van der Waals surface area contributed by atoms with Gasteiger partial charge >= 0.3 is 0 Å². The topological polar surface area (TPSA) is 77.5 Å². The predicted molar refractivity (Wildman–Crippen MR) is 101 cm³/mol. The summed E-state index contributed by atoms with van der Waals surface area (Å²) >= 11 is 7.07. The summed E-state index contributed by atoms with van der Waals surface area (Å²) < 4.78 is 14.9. The molecule has 9 heteroatoms. The fourth-order valence-electron chi connectivity index (χ4n) is 2.63. The molecule has 0 spiro atoms. The number of carbonyl (C=O) groups is 1. The van der Waals surface area contributed by atoms with Crippen LogP contribution in [0.4, 0.5) is 10.1 Å². The number of amides is 1.